The van der Waals surface area contributed by atoms with Crippen molar-refractivity contribution < 1.29 is 9.90 Å². The number of H-pyrrole nitrogens is 1. The first-order valence-electron chi connectivity index (χ1n) is 4.60. The number of rotatable bonds is 3. The van der Waals surface area contributed by atoms with Crippen molar-refractivity contribution in [3.8, 4) is 0 Å². The number of aromatic nitrogens is 3. The molecule has 0 saturated heterocycles. The van der Waals surface area contributed by atoms with Crippen molar-refractivity contribution in [1.29, 1.82) is 0 Å². The maximum absolute atomic E-state index is 11.6. The Morgan fingerprint density at radius 1 is 1.56 bits per heavy atom. The molecule has 0 aliphatic carbocycles. The standard InChI is InChI=1S/C9H9ClN4O2/c10-8-7-6(13-4-14-8)5(3-12-7)9(16)11-1-2-15/h3-4,12,15H,1-2H2,(H,11,16). The number of carbonyl (C=O) groups is 1. The first-order valence-corrected chi connectivity index (χ1v) is 4.98. The van der Waals surface area contributed by atoms with Gasteiger partial charge in [0.25, 0.3) is 5.91 Å². The second-order valence-corrected chi connectivity index (χ2v) is 3.43. The molecule has 0 aliphatic rings. The minimum absolute atomic E-state index is 0.107. The number of aromatic amines is 1. The number of hydrogen-bond acceptors (Lipinski definition) is 4. The molecule has 0 radical (unpaired) electrons. The van der Waals surface area contributed by atoms with Crippen LogP contribution in [0, 0.1) is 0 Å². The number of nitrogens with zero attached hydrogens (tertiary/aromatic N) is 2. The Balaban J connectivity index is 2.38. The van der Waals surface area contributed by atoms with Crippen molar-refractivity contribution in [2.75, 3.05) is 13.2 Å². The molecule has 0 spiro atoms. The van der Waals surface area contributed by atoms with E-state index in [1.165, 1.54) is 12.5 Å². The van der Waals surface area contributed by atoms with Crippen LogP contribution in [0.4, 0.5) is 0 Å². The molecule has 0 bridgehead atoms. The van der Waals surface area contributed by atoms with Crippen LogP contribution in [0.25, 0.3) is 11.0 Å². The lowest BCUT2D eigenvalue weighted by Gasteiger charge is -2.00. The lowest BCUT2D eigenvalue weighted by atomic mass is 10.2. The average molecular weight is 241 g/mol. The van der Waals surface area contributed by atoms with E-state index < -0.39 is 0 Å². The number of aliphatic hydroxyl groups excluding tert-OH is 1. The van der Waals surface area contributed by atoms with Gasteiger partial charge in [-0.05, 0) is 0 Å². The molecule has 2 rings (SSSR count). The number of halogens is 1. The van der Waals surface area contributed by atoms with Gasteiger partial charge in [-0.1, -0.05) is 11.6 Å². The van der Waals surface area contributed by atoms with E-state index in [0.717, 1.165) is 0 Å². The topological polar surface area (TPSA) is 90.9 Å². The molecular weight excluding hydrogens is 232 g/mol. The number of amides is 1. The van der Waals surface area contributed by atoms with Crippen LogP contribution in [0.15, 0.2) is 12.5 Å². The monoisotopic (exact) mass is 240 g/mol. The summed E-state index contributed by atoms with van der Waals surface area (Å²) in [6, 6.07) is 0. The van der Waals surface area contributed by atoms with Gasteiger partial charge in [-0.2, -0.15) is 0 Å². The van der Waals surface area contributed by atoms with Crippen molar-refractivity contribution in [2.24, 2.45) is 0 Å². The summed E-state index contributed by atoms with van der Waals surface area (Å²) < 4.78 is 0. The van der Waals surface area contributed by atoms with Crippen molar-refractivity contribution in [1.82, 2.24) is 20.3 Å². The highest BCUT2D eigenvalue weighted by atomic mass is 35.5. The largest absolute Gasteiger partial charge is 0.395 e. The zero-order valence-corrected chi connectivity index (χ0v) is 8.95. The summed E-state index contributed by atoms with van der Waals surface area (Å²) in [5.41, 5.74) is 1.38. The smallest absolute Gasteiger partial charge is 0.255 e. The number of nitrogens with one attached hydrogen (secondary N) is 2. The SMILES string of the molecule is O=C(NCCO)c1c[nH]c2c(Cl)ncnc12. The van der Waals surface area contributed by atoms with E-state index in [9.17, 15) is 4.79 Å². The van der Waals surface area contributed by atoms with Crippen LogP contribution in [0.1, 0.15) is 10.4 Å². The molecule has 0 unspecified atom stereocenters. The van der Waals surface area contributed by atoms with E-state index in [-0.39, 0.29) is 24.2 Å². The quantitative estimate of drug-likeness (QED) is 0.675. The van der Waals surface area contributed by atoms with Crippen LogP contribution in [0.5, 0.6) is 0 Å². The number of fused-ring (bicyclic) bond motifs is 1. The van der Waals surface area contributed by atoms with Crippen LogP contribution in [0.2, 0.25) is 5.15 Å². The highest BCUT2D eigenvalue weighted by Gasteiger charge is 2.14. The second-order valence-electron chi connectivity index (χ2n) is 3.07. The second kappa shape index (κ2) is 4.46. The molecule has 0 saturated carbocycles. The summed E-state index contributed by atoms with van der Waals surface area (Å²) in [5.74, 6) is -0.310. The summed E-state index contributed by atoms with van der Waals surface area (Å²) in [6.07, 6.45) is 2.80. The molecule has 0 aliphatic heterocycles. The van der Waals surface area contributed by atoms with Crippen molar-refractivity contribution in [2.45, 2.75) is 0 Å². The van der Waals surface area contributed by atoms with Crippen LogP contribution in [-0.4, -0.2) is 39.1 Å². The summed E-state index contributed by atoms with van der Waals surface area (Å²) in [7, 11) is 0. The number of carbonyl (C=O) groups excluding carboxylic acids is 1. The Labute approximate surface area is 95.7 Å². The van der Waals surface area contributed by atoms with Crippen LogP contribution < -0.4 is 5.32 Å². The Hall–Kier alpha value is -1.66. The predicted molar refractivity (Wildman–Crippen MR) is 58.3 cm³/mol. The van der Waals surface area contributed by atoms with E-state index in [1.54, 1.807) is 0 Å². The summed E-state index contributed by atoms with van der Waals surface area (Å²) >= 11 is 5.83. The van der Waals surface area contributed by atoms with Crippen molar-refractivity contribution >= 4 is 28.5 Å². The molecule has 6 nitrogen and oxygen atoms in total. The molecule has 2 aromatic rings. The minimum Gasteiger partial charge on any atom is -0.395 e. The van der Waals surface area contributed by atoms with Crippen LogP contribution in [-0.2, 0) is 0 Å². The molecule has 2 aromatic heterocycles. The molecule has 16 heavy (non-hydrogen) atoms. The molecule has 0 aromatic carbocycles. The Morgan fingerprint density at radius 3 is 3.12 bits per heavy atom. The Bertz CT molecular complexity index is 525. The fraction of sp³-hybridized carbons (Fsp3) is 0.222. The van der Waals surface area contributed by atoms with E-state index in [2.05, 4.69) is 20.3 Å². The van der Waals surface area contributed by atoms with E-state index >= 15 is 0 Å². The third-order valence-electron chi connectivity index (χ3n) is 2.06. The molecule has 7 heteroatoms. The molecular formula is C9H9ClN4O2. The number of hydrogen-bond donors (Lipinski definition) is 3. The van der Waals surface area contributed by atoms with Gasteiger partial charge in [-0.25, -0.2) is 9.97 Å². The predicted octanol–water partition coefficient (Wildman–Crippen LogP) is 0.333. The van der Waals surface area contributed by atoms with Gasteiger partial charge < -0.3 is 15.4 Å². The third kappa shape index (κ3) is 1.84. The van der Waals surface area contributed by atoms with E-state index in [4.69, 9.17) is 16.7 Å². The van der Waals surface area contributed by atoms with Gasteiger partial charge in [0.2, 0.25) is 0 Å². The fourth-order valence-corrected chi connectivity index (χ4v) is 1.53. The van der Waals surface area contributed by atoms with E-state index in [0.29, 0.717) is 16.6 Å². The Morgan fingerprint density at radius 2 is 2.38 bits per heavy atom. The minimum atomic E-state index is -0.310. The number of aliphatic hydroxyl groups is 1. The molecule has 2 heterocycles. The maximum Gasteiger partial charge on any atom is 0.255 e. The zero-order chi connectivity index (χ0) is 11.5. The zero-order valence-electron chi connectivity index (χ0n) is 8.20. The molecule has 84 valence electrons. The fourth-order valence-electron chi connectivity index (χ4n) is 1.35. The van der Waals surface area contributed by atoms with Crippen molar-refractivity contribution in [3.05, 3.63) is 23.2 Å². The van der Waals surface area contributed by atoms with Gasteiger partial charge in [0, 0.05) is 12.7 Å². The van der Waals surface area contributed by atoms with Gasteiger partial charge in [-0.3, -0.25) is 4.79 Å². The lowest BCUT2D eigenvalue weighted by Crippen LogP contribution is -2.26. The lowest BCUT2D eigenvalue weighted by molar-refractivity contribution is 0.0946. The van der Waals surface area contributed by atoms with Gasteiger partial charge >= 0.3 is 0 Å². The van der Waals surface area contributed by atoms with Gasteiger partial charge in [0.1, 0.15) is 17.4 Å². The molecule has 0 fully saturated rings. The molecule has 3 N–H and O–H groups in total. The highest BCUT2D eigenvalue weighted by molar-refractivity contribution is 6.34. The summed E-state index contributed by atoms with van der Waals surface area (Å²) in [4.78, 5) is 22.3. The first-order chi connectivity index (χ1) is 7.74. The third-order valence-corrected chi connectivity index (χ3v) is 2.35. The summed E-state index contributed by atoms with van der Waals surface area (Å²) in [6.45, 7) is 0.0914. The van der Waals surface area contributed by atoms with E-state index in [1.807, 2.05) is 0 Å². The van der Waals surface area contributed by atoms with Gasteiger partial charge in [-0.15, -0.1) is 0 Å². The molecule has 1 amide bonds. The summed E-state index contributed by atoms with van der Waals surface area (Å²) in [5, 5.41) is 11.4. The van der Waals surface area contributed by atoms with Crippen LogP contribution in [0.3, 0.4) is 0 Å². The Kier molecular flexibility index (Phi) is 3.02. The molecule has 0 atom stereocenters. The maximum atomic E-state index is 11.6. The van der Waals surface area contributed by atoms with Crippen LogP contribution >= 0.6 is 11.6 Å². The van der Waals surface area contributed by atoms with Crippen molar-refractivity contribution in [3.63, 3.8) is 0 Å². The average Bonchev–Trinajstić information content (AvgIpc) is 2.71. The highest BCUT2D eigenvalue weighted by Crippen LogP contribution is 2.20. The normalized spacial score (nSPS) is 10.6. The van der Waals surface area contributed by atoms with Gasteiger partial charge in [0.15, 0.2) is 5.15 Å². The first kappa shape index (κ1) is 10.8. The van der Waals surface area contributed by atoms with Gasteiger partial charge in [0.05, 0.1) is 12.2 Å².